The Hall–Kier alpha value is -3.22. The molecule has 0 aliphatic rings. The van der Waals surface area contributed by atoms with Crippen LogP contribution in [0.4, 0.5) is 17.1 Å². The molecular weight excluding hydrogens is 348 g/mol. The molecule has 0 amide bonds. The quantitative estimate of drug-likeness (QED) is 0.220. The molecule has 0 radical (unpaired) electrons. The van der Waals surface area contributed by atoms with Crippen molar-refractivity contribution in [2.24, 2.45) is 5.92 Å². The minimum absolute atomic E-state index is 0.0387. The number of aldehydes is 1. The number of para-hydroxylation sites is 1. The number of anilines is 2. The first-order valence-electron chi connectivity index (χ1n) is 8.73. The van der Waals surface area contributed by atoms with E-state index in [4.69, 9.17) is 4.74 Å². The monoisotopic (exact) mass is 370 g/mol. The summed E-state index contributed by atoms with van der Waals surface area (Å²) < 4.78 is 4.91. The molecule has 0 N–H and O–H groups in total. The number of carbonyl (C=O) groups is 2. The second kappa shape index (κ2) is 9.47. The van der Waals surface area contributed by atoms with E-state index in [1.165, 1.54) is 6.07 Å². The van der Waals surface area contributed by atoms with Crippen LogP contribution < -0.4 is 4.90 Å². The van der Waals surface area contributed by atoms with Gasteiger partial charge < -0.3 is 14.4 Å². The van der Waals surface area contributed by atoms with E-state index in [1.807, 2.05) is 42.2 Å². The van der Waals surface area contributed by atoms with Crippen LogP contribution >= 0.6 is 0 Å². The number of nitro benzene ring substituents is 1. The maximum absolute atomic E-state index is 11.9. The highest BCUT2D eigenvalue weighted by Gasteiger charge is 2.24. The number of hydrogen-bond donors (Lipinski definition) is 0. The summed E-state index contributed by atoms with van der Waals surface area (Å²) in [5, 5.41) is 11.5. The van der Waals surface area contributed by atoms with Crippen LogP contribution in [-0.2, 0) is 20.7 Å². The van der Waals surface area contributed by atoms with Gasteiger partial charge in [-0.05, 0) is 44.0 Å². The van der Waals surface area contributed by atoms with Gasteiger partial charge in [-0.1, -0.05) is 24.3 Å². The fourth-order valence-electron chi connectivity index (χ4n) is 2.86. The SMILES string of the molecule is CCOC(=O)C(C=O)Cc1ccc([N+](=O)[O-])c(N(CC)c2ccccc2)c1. The van der Waals surface area contributed by atoms with E-state index in [0.717, 1.165) is 5.69 Å². The second-order valence-electron chi connectivity index (χ2n) is 5.86. The summed E-state index contributed by atoms with van der Waals surface area (Å²) in [4.78, 5) is 36.0. The molecule has 0 aromatic heterocycles. The maximum Gasteiger partial charge on any atom is 0.316 e. The topological polar surface area (TPSA) is 89.8 Å². The van der Waals surface area contributed by atoms with E-state index in [0.29, 0.717) is 24.1 Å². The third-order valence-electron chi connectivity index (χ3n) is 4.12. The first kappa shape index (κ1) is 20.1. The third kappa shape index (κ3) is 4.91. The highest BCUT2D eigenvalue weighted by atomic mass is 16.6. The molecule has 142 valence electrons. The summed E-state index contributed by atoms with van der Waals surface area (Å²) >= 11 is 0. The van der Waals surface area contributed by atoms with Crippen LogP contribution in [0.1, 0.15) is 19.4 Å². The summed E-state index contributed by atoms with van der Waals surface area (Å²) in [5.41, 5.74) is 1.84. The number of carbonyl (C=O) groups excluding carboxylic acids is 2. The van der Waals surface area contributed by atoms with E-state index in [2.05, 4.69) is 0 Å². The highest BCUT2D eigenvalue weighted by molar-refractivity contribution is 5.88. The smallest absolute Gasteiger partial charge is 0.316 e. The first-order valence-corrected chi connectivity index (χ1v) is 8.73. The van der Waals surface area contributed by atoms with Crippen molar-refractivity contribution >= 4 is 29.3 Å². The Labute approximate surface area is 157 Å². The molecule has 27 heavy (non-hydrogen) atoms. The van der Waals surface area contributed by atoms with Gasteiger partial charge in [-0.2, -0.15) is 0 Å². The number of ether oxygens (including phenoxy) is 1. The van der Waals surface area contributed by atoms with Gasteiger partial charge in [0.2, 0.25) is 0 Å². The molecule has 0 aliphatic heterocycles. The van der Waals surface area contributed by atoms with Crippen LogP contribution in [0.25, 0.3) is 0 Å². The lowest BCUT2D eigenvalue weighted by atomic mass is 9.99. The van der Waals surface area contributed by atoms with Crippen molar-refractivity contribution < 1.29 is 19.2 Å². The van der Waals surface area contributed by atoms with Gasteiger partial charge in [0.05, 0.1) is 11.5 Å². The molecule has 7 nitrogen and oxygen atoms in total. The van der Waals surface area contributed by atoms with Crippen LogP contribution in [0.15, 0.2) is 48.5 Å². The van der Waals surface area contributed by atoms with Crippen molar-refractivity contribution in [1.29, 1.82) is 0 Å². The van der Waals surface area contributed by atoms with E-state index >= 15 is 0 Å². The first-order chi connectivity index (χ1) is 13.0. The zero-order valence-electron chi connectivity index (χ0n) is 15.3. The molecule has 0 heterocycles. The molecule has 2 aromatic carbocycles. The largest absolute Gasteiger partial charge is 0.465 e. The van der Waals surface area contributed by atoms with Crippen LogP contribution in [0.5, 0.6) is 0 Å². The number of esters is 1. The molecule has 1 atom stereocenters. The molecule has 0 aliphatic carbocycles. The lowest BCUT2D eigenvalue weighted by Gasteiger charge is -2.23. The van der Waals surface area contributed by atoms with Crippen LogP contribution in [0.3, 0.4) is 0 Å². The van der Waals surface area contributed by atoms with Crippen molar-refractivity contribution in [3.8, 4) is 0 Å². The molecule has 0 saturated heterocycles. The Bertz CT molecular complexity index is 807. The Kier molecular flexibility index (Phi) is 7.05. The predicted octanol–water partition coefficient (Wildman–Crippen LogP) is 3.67. The second-order valence-corrected chi connectivity index (χ2v) is 5.86. The number of rotatable bonds is 9. The zero-order chi connectivity index (χ0) is 19.8. The average molecular weight is 370 g/mol. The summed E-state index contributed by atoms with van der Waals surface area (Å²) in [7, 11) is 0. The minimum atomic E-state index is -0.939. The normalized spacial score (nSPS) is 11.5. The van der Waals surface area contributed by atoms with Gasteiger partial charge in [0.15, 0.2) is 0 Å². The fraction of sp³-hybridized carbons (Fsp3) is 0.300. The molecule has 2 aromatic rings. The van der Waals surface area contributed by atoms with Gasteiger partial charge in [-0.15, -0.1) is 0 Å². The highest BCUT2D eigenvalue weighted by Crippen LogP contribution is 2.34. The van der Waals surface area contributed by atoms with E-state index in [1.54, 1.807) is 19.1 Å². The summed E-state index contributed by atoms with van der Waals surface area (Å²) in [6.45, 7) is 4.27. The number of nitro groups is 1. The average Bonchev–Trinajstić information content (AvgIpc) is 2.67. The van der Waals surface area contributed by atoms with Crippen LogP contribution in [0.2, 0.25) is 0 Å². The zero-order valence-corrected chi connectivity index (χ0v) is 15.3. The van der Waals surface area contributed by atoms with E-state index in [9.17, 15) is 19.7 Å². The fourth-order valence-corrected chi connectivity index (χ4v) is 2.86. The maximum atomic E-state index is 11.9. The molecular formula is C20H22N2O5. The lowest BCUT2D eigenvalue weighted by Crippen LogP contribution is -2.22. The molecule has 0 spiro atoms. The Morgan fingerprint density at radius 3 is 2.48 bits per heavy atom. The van der Waals surface area contributed by atoms with Crippen LogP contribution in [-0.4, -0.2) is 30.3 Å². The third-order valence-corrected chi connectivity index (χ3v) is 4.12. The molecule has 7 heteroatoms. The van der Waals surface area contributed by atoms with Crippen molar-refractivity contribution in [2.45, 2.75) is 20.3 Å². The van der Waals surface area contributed by atoms with Crippen molar-refractivity contribution in [3.63, 3.8) is 0 Å². The molecule has 1 unspecified atom stereocenters. The molecule has 0 bridgehead atoms. The van der Waals surface area contributed by atoms with Crippen LogP contribution in [0, 0.1) is 16.0 Å². The standard InChI is InChI=1S/C20H22N2O5/c1-3-21(17-8-6-5-7-9-17)19-13-15(10-11-18(19)22(25)26)12-16(14-23)20(24)27-4-2/h5-11,13-14,16H,3-4,12H2,1-2H3. The van der Waals surface area contributed by atoms with Crippen molar-refractivity contribution in [2.75, 3.05) is 18.1 Å². The Balaban J connectivity index is 2.43. The molecule has 2 rings (SSSR count). The van der Waals surface area contributed by atoms with Gasteiger partial charge in [0, 0.05) is 18.3 Å². The lowest BCUT2D eigenvalue weighted by molar-refractivity contribution is -0.384. The van der Waals surface area contributed by atoms with Gasteiger partial charge in [0.1, 0.15) is 17.9 Å². The van der Waals surface area contributed by atoms with Crippen molar-refractivity contribution in [1.82, 2.24) is 0 Å². The van der Waals surface area contributed by atoms with E-state index < -0.39 is 16.8 Å². The predicted molar refractivity (Wildman–Crippen MR) is 102 cm³/mol. The van der Waals surface area contributed by atoms with Crippen molar-refractivity contribution in [3.05, 3.63) is 64.2 Å². The van der Waals surface area contributed by atoms with Gasteiger partial charge >= 0.3 is 5.97 Å². The Morgan fingerprint density at radius 1 is 1.22 bits per heavy atom. The van der Waals surface area contributed by atoms with Gasteiger partial charge in [-0.3, -0.25) is 14.9 Å². The summed E-state index contributed by atoms with van der Waals surface area (Å²) in [5.74, 6) is -1.53. The minimum Gasteiger partial charge on any atom is -0.465 e. The number of nitrogens with zero attached hydrogens (tertiary/aromatic N) is 2. The number of benzene rings is 2. The summed E-state index contributed by atoms with van der Waals surface area (Å²) in [6.07, 6.45) is 0.674. The van der Waals surface area contributed by atoms with Gasteiger partial charge in [-0.25, -0.2) is 0 Å². The number of hydrogen-bond acceptors (Lipinski definition) is 6. The molecule has 0 fully saturated rings. The summed E-state index contributed by atoms with van der Waals surface area (Å²) in [6, 6.07) is 14.0. The van der Waals surface area contributed by atoms with E-state index in [-0.39, 0.29) is 18.7 Å². The Morgan fingerprint density at radius 2 is 1.93 bits per heavy atom. The van der Waals surface area contributed by atoms with Gasteiger partial charge in [0.25, 0.3) is 5.69 Å². The molecule has 0 saturated carbocycles.